The summed E-state index contributed by atoms with van der Waals surface area (Å²) in [5.74, 6) is 0.302. The number of ether oxygens (including phenoxy) is 2. The van der Waals surface area contributed by atoms with Gasteiger partial charge in [0.25, 0.3) is 5.91 Å². The zero-order valence-corrected chi connectivity index (χ0v) is 23.6. The van der Waals surface area contributed by atoms with Crippen molar-refractivity contribution in [3.05, 3.63) is 77.6 Å². The number of rotatable bonds is 7. The number of hydrogen-bond acceptors (Lipinski definition) is 6. The molecule has 1 N–H and O–H groups in total. The van der Waals surface area contributed by atoms with E-state index in [1.54, 1.807) is 24.3 Å². The van der Waals surface area contributed by atoms with Gasteiger partial charge in [-0.3, -0.25) is 4.79 Å². The van der Waals surface area contributed by atoms with Crippen LogP contribution in [-0.2, 0) is 24.2 Å². The fourth-order valence-corrected chi connectivity index (χ4v) is 5.96. The summed E-state index contributed by atoms with van der Waals surface area (Å²) in [5.41, 5.74) is 2.78. The normalized spacial score (nSPS) is 12.8. The summed E-state index contributed by atoms with van der Waals surface area (Å²) in [6, 6.07) is 12.8. The molecule has 0 unspecified atom stereocenters. The summed E-state index contributed by atoms with van der Waals surface area (Å²) >= 11 is 17.0. The van der Waals surface area contributed by atoms with Gasteiger partial charge in [0.05, 0.1) is 22.7 Å². The summed E-state index contributed by atoms with van der Waals surface area (Å²) in [5, 5.41) is 23.5. The summed E-state index contributed by atoms with van der Waals surface area (Å²) in [7, 11) is 1.50. The molecule has 4 rings (SSSR count). The number of thiophene rings is 1. The molecule has 0 atom stereocenters. The Morgan fingerprint density at radius 3 is 2.65 bits per heavy atom. The third-order valence-electron chi connectivity index (χ3n) is 5.84. The second-order valence-electron chi connectivity index (χ2n) is 8.21. The molecule has 0 spiro atoms. The Labute approximate surface area is 237 Å². The molecule has 1 heterocycles. The molecule has 1 amide bonds. The van der Waals surface area contributed by atoms with E-state index in [9.17, 15) is 15.3 Å². The minimum Gasteiger partial charge on any atom is -0.493 e. The van der Waals surface area contributed by atoms with Crippen LogP contribution < -0.4 is 14.8 Å². The highest BCUT2D eigenvalue weighted by Crippen LogP contribution is 2.38. The van der Waals surface area contributed by atoms with Gasteiger partial charge in [0, 0.05) is 9.35 Å². The highest BCUT2D eigenvalue weighted by Gasteiger charge is 2.23. The van der Waals surface area contributed by atoms with Crippen molar-refractivity contribution in [2.75, 3.05) is 12.4 Å². The molecule has 10 heteroatoms. The standard InChI is InChI=1S/C27H20BrCl2N3O3S/c1-35-23-10-16(20(28)11-24(23)36-14-15-6-7-21(29)22(30)8-15)9-17(12-31)26(34)33-27-19(13-32)18-4-2-3-5-25(18)37-27/h6-11H,2-5,14H2,1H3,(H,33,34)/b17-9+. The minimum absolute atomic E-state index is 0.109. The fourth-order valence-electron chi connectivity index (χ4n) is 3.97. The molecule has 37 heavy (non-hydrogen) atoms. The lowest BCUT2D eigenvalue weighted by Crippen LogP contribution is -2.13. The molecule has 1 aliphatic rings. The number of hydrogen-bond donors (Lipinski definition) is 1. The number of amides is 1. The number of nitriles is 2. The number of halogens is 3. The van der Waals surface area contributed by atoms with Crippen molar-refractivity contribution in [3.63, 3.8) is 0 Å². The van der Waals surface area contributed by atoms with Crippen molar-refractivity contribution in [2.24, 2.45) is 0 Å². The van der Waals surface area contributed by atoms with E-state index in [0.717, 1.165) is 41.7 Å². The van der Waals surface area contributed by atoms with Gasteiger partial charge >= 0.3 is 0 Å². The predicted octanol–water partition coefficient (Wildman–Crippen LogP) is 7.70. The van der Waals surface area contributed by atoms with Crippen LogP contribution in [-0.4, -0.2) is 13.0 Å². The second kappa shape index (κ2) is 12.0. The minimum atomic E-state index is -0.580. The van der Waals surface area contributed by atoms with Crippen LogP contribution in [0.4, 0.5) is 5.00 Å². The van der Waals surface area contributed by atoms with Crippen molar-refractivity contribution in [1.29, 1.82) is 10.5 Å². The van der Waals surface area contributed by atoms with E-state index in [-0.39, 0.29) is 12.2 Å². The molecular weight excluding hydrogens is 597 g/mol. The molecule has 0 saturated heterocycles. The maximum atomic E-state index is 13.0. The summed E-state index contributed by atoms with van der Waals surface area (Å²) < 4.78 is 12.0. The number of fused-ring (bicyclic) bond motifs is 1. The van der Waals surface area contributed by atoms with E-state index < -0.39 is 5.91 Å². The molecule has 0 radical (unpaired) electrons. The zero-order chi connectivity index (χ0) is 26.5. The molecule has 0 bridgehead atoms. The van der Waals surface area contributed by atoms with Crippen molar-refractivity contribution in [2.45, 2.75) is 32.3 Å². The van der Waals surface area contributed by atoms with Crippen molar-refractivity contribution >= 4 is 67.5 Å². The monoisotopic (exact) mass is 615 g/mol. The predicted molar refractivity (Wildman–Crippen MR) is 149 cm³/mol. The Kier molecular flexibility index (Phi) is 8.79. The molecule has 188 valence electrons. The van der Waals surface area contributed by atoms with Crippen LogP contribution in [0.15, 0.2) is 40.4 Å². The van der Waals surface area contributed by atoms with E-state index >= 15 is 0 Å². The maximum absolute atomic E-state index is 13.0. The topological polar surface area (TPSA) is 95.1 Å². The van der Waals surface area contributed by atoms with Gasteiger partial charge < -0.3 is 14.8 Å². The van der Waals surface area contributed by atoms with Crippen molar-refractivity contribution in [3.8, 4) is 23.6 Å². The van der Waals surface area contributed by atoms with Gasteiger partial charge in [0.1, 0.15) is 29.3 Å². The third kappa shape index (κ3) is 6.11. The molecule has 0 aliphatic heterocycles. The largest absolute Gasteiger partial charge is 0.493 e. The van der Waals surface area contributed by atoms with Gasteiger partial charge in [-0.1, -0.05) is 45.2 Å². The number of aryl methyl sites for hydroxylation is 1. The molecule has 1 aliphatic carbocycles. The van der Waals surface area contributed by atoms with E-state index in [1.807, 2.05) is 12.1 Å². The molecule has 6 nitrogen and oxygen atoms in total. The number of nitrogens with one attached hydrogen (secondary N) is 1. The van der Waals surface area contributed by atoms with E-state index in [0.29, 0.717) is 42.1 Å². The van der Waals surface area contributed by atoms with Gasteiger partial charge in [-0.05, 0) is 72.7 Å². The van der Waals surface area contributed by atoms with Crippen molar-refractivity contribution < 1.29 is 14.3 Å². The van der Waals surface area contributed by atoms with Gasteiger partial charge in [0.2, 0.25) is 0 Å². The number of methoxy groups -OCH3 is 1. The average molecular weight is 617 g/mol. The fraction of sp³-hybridized carbons (Fsp3) is 0.222. The molecule has 1 aromatic heterocycles. The lowest BCUT2D eigenvalue weighted by molar-refractivity contribution is -0.112. The van der Waals surface area contributed by atoms with Gasteiger partial charge in [-0.15, -0.1) is 11.3 Å². The molecular formula is C27H20BrCl2N3O3S. The number of carbonyl (C=O) groups is 1. The van der Waals surface area contributed by atoms with Crippen LogP contribution >= 0.6 is 50.5 Å². The molecule has 0 saturated carbocycles. The first-order valence-electron chi connectivity index (χ1n) is 11.3. The summed E-state index contributed by atoms with van der Waals surface area (Å²) in [6.45, 7) is 0.229. The van der Waals surface area contributed by atoms with Crippen LogP contribution in [0.3, 0.4) is 0 Å². The Hall–Kier alpha value is -3.01. The average Bonchev–Trinajstić information content (AvgIpc) is 3.25. The van der Waals surface area contributed by atoms with Gasteiger partial charge in [0.15, 0.2) is 11.5 Å². The highest BCUT2D eigenvalue weighted by atomic mass is 79.9. The number of anilines is 1. The first-order chi connectivity index (χ1) is 17.8. The van der Waals surface area contributed by atoms with Gasteiger partial charge in [-0.25, -0.2) is 0 Å². The van der Waals surface area contributed by atoms with Crippen LogP contribution in [0.5, 0.6) is 11.5 Å². The SMILES string of the molecule is COc1cc(/C=C(\C#N)C(=O)Nc2sc3c(c2C#N)CCCC3)c(Br)cc1OCc1ccc(Cl)c(Cl)c1. The molecule has 0 fully saturated rings. The van der Waals surface area contributed by atoms with E-state index in [1.165, 1.54) is 24.5 Å². The van der Waals surface area contributed by atoms with Gasteiger partial charge in [-0.2, -0.15) is 10.5 Å². The number of benzene rings is 2. The Bertz CT molecular complexity index is 1490. The Morgan fingerprint density at radius 2 is 1.95 bits per heavy atom. The number of carbonyl (C=O) groups excluding carboxylic acids is 1. The van der Waals surface area contributed by atoms with Crippen LogP contribution in [0, 0.1) is 22.7 Å². The molecule has 2 aromatic carbocycles. The second-order valence-corrected chi connectivity index (χ2v) is 11.0. The maximum Gasteiger partial charge on any atom is 0.266 e. The Morgan fingerprint density at radius 1 is 1.16 bits per heavy atom. The first-order valence-corrected chi connectivity index (χ1v) is 13.6. The van der Waals surface area contributed by atoms with Crippen LogP contribution in [0.2, 0.25) is 10.0 Å². The summed E-state index contributed by atoms with van der Waals surface area (Å²) in [6.07, 6.45) is 5.29. The quantitative estimate of drug-likeness (QED) is 0.217. The van der Waals surface area contributed by atoms with Crippen LogP contribution in [0.1, 0.15) is 40.0 Å². The highest BCUT2D eigenvalue weighted by molar-refractivity contribution is 9.10. The first kappa shape index (κ1) is 27.0. The van der Waals surface area contributed by atoms with E-state index in [2.05, 4.69) is 27.3 Å². The summed E-state index contributed by atoms with van der Waals surface area (Å²) in [4.78, 5) is 14.1. The van der Waals surface area contributed by atoms with Crippen LogP contribution in [0.25, 0.3) is 6.08 Å². The smallest absolute Gasteiger partial charge is 0.266 e. The zero-order valence-electron chi connectivity index (χ0n) is 19.7. The number of nitrogens with zero attached hydrogens (tertiary/aromatic N) is 2. The van der Waals surface area contributed by atoms with Crippen molar-refractivity contribution in [1.82, 2.24) is 0 Å². The van der Waals surface area contributed by atoms with E-state index in [4.69, 9.17) is 32.7 Å². The lowest BCUT2D eigenvalue weighted by Gasteiger charge is -2.13. The lowest BCUT2D eigenvalue weighted by atomic mass is 9.96. The third-order valence-corrected chi connectivity index (χ3v) is 8.47. The Balaban J connectivity index is 1.56. The molecule has 3 aromatic rings.